The summed E-state index contributed by atoms with van der Waals surface area (Å²) >= 11 is 0. The number of hydrogen-bond acceptors (Lipinski definition) is 0. The molecule has 0 bridgehead atoms. The van der Waals surface area contributed by atoms with E-state index >= 15 is 0 Å². The van der Waals surface area contributed by atoms with Gasteiger partial charge in [-0.15, -0.1) is 0 Å². The molecule has 0 aliphatic heterocycles. The molecule has 0 saturated heterocycles. The Morgan fingerprint density at radius 3 is 2.50 bits per heavy atom. The van der Waals surface area contributed by atoms with Crippen LogP contribution in [0.5, 0.6) is 0 Å². The molecule has 1 unspecified atom stereocenters. The third kappa shape index (κ3) is 3.37. The molecule has 76 valence electrons. The summed E-state index contributed by atoms with van der Waals surface area (Å²) in [4.78, 5) is 0. The van der Waals surface area contributed by atoms with Gasteiger partial charge >= 0.3 is 0 Å². The first kappa shape index (κ1) is 11.0. The number of hydrogen-bond donors (Lipinski definition) is 0. The minimum Gasteiger partial charge on any atom is -0.0952 e. The van der Waals surface area contributed by atoms with Crippen molar-refractivity contribution in [1.29, 1.82) is 0 Å². The molecule has 0 fully saturated rings. The Morgan fingerprint density at radius 2 is 1.93 bits per heavy atom. The van der Waals surface area contributed by atoms with Gasteiger partial charge in [-0.05, 0) is 23.5 Å². The Balaban J connectivity index is 2.51. The van der Waals surface area contributed by atoms with Crippen LogP contribution in [0, 0.1) is 5.92 Å². The van der Waals surface area contributed by atoms with Crippen molar-refractivity contribution in [2.24, 2.45) is 5.92 Å². The summed E-state index contributed by atoms with van der Waals surface area (Å²) in [6.07, 6.45) is 3.69. The molecule has 14 heavy (non-hydrogen) atoms. The van der Waals surface area contributed by atoms with Gasteiger partial charge in [0.25, 0.3) is 0 Å². The second kappa shape index (κ2) is 5.64. The van der Waals surface area contributed by atoms with E-state index in [1.54, 1.807) is 0 Å². The van der Waals surface area contributed by atoms with E-state index in [9.17, 15) is 0 Å². The molecule has 0 amide bonds. The molecular formula is C14H20. The van der Waals surface area contributed by atoms with Crippen LogP contribution >= 0.6 is 0 Å². The smallest absolute Gasteiger partial charge is 0.0230 e. The van der Waals surface area contributed by atoms with Crippen LogP contribution in [-0.4, -0.2) is 0 Å². The highest BCUT2D eigenvalue weighted by Crippen LogP contribution is 2.22. The van der Waals surface area contributed by atoms with E-state index in [0.29, 0.717) is 0 Å². The largest absolute Gasteiger partial charge is 0.0952 e. The first-order chi connectivity index (χ1) is 6.74. The zero-order valence-electron chi connectivity index (χ0n) is 9.29. The van der Waals surface area contributed by atoms with Gasteiger partial charge in [0, 0.05) is 0 Å². The molecule has 0 radical (unpaired) electrons. The summed E-state index contributed by atoms with van der Waals surface area (Å²) in [5, 5.41) is 0. The van der Waals surface area contributed by atoms with Crippen LogP contribution in [0.2, 0.25) is 0 Å². The Hall–Kier alpha value is -1.04. The molecule has 1 rings (SSSR count). The summed E-state index contributed by atoms with van der Waals surface area (Å²) in [5.74, 6) is 0.757. The lowest BCUT2D eigenvalue weighted by Crippen LogP contribution is -1.95. The minimum absolute atomic E-state index is 0.757. The average molecular weight is 188 g/mol. The normalized spacial score (nSPS) is 12.4. The molecule has 0 aliphatic carbocycles. The topological polar surface area (TPSA) is 0 Å². The lowest BCUT2D eigenvalue weighted by molar-refractivity contribution is 0.538. The van der Waals surface area contributed by atoms with Gasteiger partial charge in [-0.3, -0.25) is 0 Å². The van der Waals surface area contributed by atoms with Crippen molar-refractivity contribution in [3.8, 4) is 0 Å². The lowest BCUT2D eigenvalue weighted by Gasteiger charge is -2.12. The van der Waals surface area contributed by atoms with Crippen molar-refractivity contribution in [3.05, 3.63) is 42.5 Å². The van der Waals surface area contributed by atoms with Gasteiger partial charge in [0.1, 0.15) is 0 Å². The van der Waals surface area contributed by atoms with Crippen LogP contribution in [0.4, 0.5) is 0 Å². The van der Waals surface area contributed by atoms with Crippen LogP contribution in [0.3, 0.4) is 0 Å². The second-order valence-corrected chi connectivity index (χ2v) is 4.07. The quantitative estimate of drug-likeness (QED) is 0.637. The maximum absolute atomic E-state index is 4.15. The monoisotopic (exact) mass is 188 g/mol. The predicted octanol–water partition coefficient (Wildman–Crippen LogP) is 4.53. The third-order valence-corrected chi connectivity index (χ3v) is 2.56. The van der Waals surface area contributed by atoms with Crippen LogP contribution in [0.25, 0.3) is 5.57 Å². The van der Waals surface area contributed by atoms with Crippen molar-refractivity contribution in [2.45, 2.75) is 33.1 Å². The maximum atomic E-state index is 4.15. The summed E-state index contributed by atoms with van der Waals surface area (Å²) in [7, 11) is 0. The molecule has 1 aromatic carbocycles. The van der Waals surface area contributed by atoms with E-state index in [2.05, 4.69) is 44.7 Å². The van der Waals surface area contributed by atoms with Gasteiger partial charge in [-0.1, -0.05) is 63.6 Å². The van der Waals surface area contributed by atoms with Crippen LogP contribution in [0.1, 0.15) is 38.7 Å². The first-order valence-corrected chi connectivity index (χ1v) is 5.47. The summed E-state index contributed by atoms with van der Waals surface area (Å²) in [5.41, 5.74) is 2.56. The van der Waals surface area contributed by atoms with Gasteiger partial charge < -0.3 is 0 Å². The van der Waals surface area contributed by atoms with E-state index in [0.717, 1.165) is 12.3 Å². The molecule has 0 heterocycles. The average Bonchev–Trinajstić information content (AvgIpc) is 2.19. The number of allylic oxidation sites excluding steroid dienone is 1. The Kier molecular flexibility index (Phi) is 4.45. The van der Waals surface area contributed by atoms with E-state index in [-0.39, 0.29) is 0 Å². The fraction of sp³-hybridized carbons (Fsp3) is 0.429. The molecule has 0 spiro atoms. The highest BCUT2D eigenvalue weighted by molar-refractivity contribution is 5.63. The van der Waals surface area contributed by atoms with Gasteiger partial charge in [0.15, 0.2) is 0 Å². The highest BCUT2D eigenvalue weighted by Gasteiger charge is 2.04. The minimum atomic E-state index is 0.757. The molecule has 1 atom stereocenters. The number of rotatable bonds is 5. The van der Waals surface area contributed by atoms with Crippen molar-refractivity contribution in [2.75, 3.05) is 0 Å². The summed E-state index contributed by atoms with van der Waals surface area (Å²) in [6.45, 7) is 8.69. The fourth-order valence-electron chi connectivity index (χ4n) is 1.81. The van der Waals surface area contributed by atoms with Crippen molar-refractivity contribution >= 4 is 5.57 Å². The molecule has 0 heteroatoms. The van der Waals surface area contributed by atoms with Crippen LogP contribution in [-0.2, 0) is 0 Å². The molecule has 0 saturated carbocycles. The van der Waals surface area contributed by atoms with Crippen molar-refractivity contribution in [3.63, 3.8) is 0 Å². The molecule has 0 N–H and O–H groups in total. The van der Waals surface area contributed by atoms with E-state index in [1.165, 1.54) is 24.0 Å². The summed E-state index contributed by atoms with van der Waals surface area (Å²) in [6, 6.07) is 10.5. The third-order valence-electron chi connectivity index (χ3n) is 2.56. The van der Waals surface area contributed by atoms with Gasteiger partial charge in [-0.2, -0.15) is 0 Å². The van der Waals surface area contributed by atoms with Crippen LogP contribution < -0.4 is 0 Å². The molecule has 1 aromatic rings. The standard InChI is InChI=1S/C14H20/c1-4-8-12(2)11-13(3)14-9-6-5-7-10-14/h5-7,9-10,12H,3-4,8,11H2,1-2H3. The number of benzene rings is 1. The molecule has 0 nitrogen and oxygen atoms in total. The molecular weight excluding hydrogens is 168 g/mol. The Bertz CT molecular complexity index is 271. The van der Waals surface area contributed by atoms with Gasteiger partial charge in [0.2, 0.25) is 0 Å². The Morgan fingerprint density at radius 1 is 1.29 bits per heavy atom. The predicted molar refractivity (Wildman–Crippen MR) is 64.2 cm³/mol. The lowest BCUT2D eigenvalue weighted by atomic mass is 9.94. The second-order valence-electron chi connectivity index (χ2n) is 4.07. The SMILES string of the molecule is C=C(CC(C)CCC)c1ccccc1. The zero-order valence-corrected chi connectivity index (χ0v) is 9.29. The summed E-state index contributed by atoms with van der Waals surface area (Å²) < 4.78 is 0. The molecule has 0 aliphatic rings. The van der Waals surface area contributed by atoms with E-state index in [1.807, 2.05) is 6.07 Å². The van der Waals surface area contributed by atoms with E-state index < -0.39 is 0 Å². The van der Waals surface area contributed by atoms with E-state index in [4.69, 9.17) is 0 Å². The van der Waals surface area contributed by atoms with Crippen LogP contribution in [0.15, 0.2) is 36.9 Å². The molecule has 0 aromatic heterocycles. The fourth-order valence-corrected chi connectivity index (χ4v) is 1.81. The Labute approximate surface area is 87.7 Å². The first-order valence-electron chi connectivity index (χ1n) is 5.47. The van der Waals surface area contributed by atoms with Crippen molar-refractivity contribution in [1.82, 2.24) is 0 Å². The highest BCUT2D eigenvalue weighted by atomic mass is 14.1. The van der Waals surface area contributed by atoms with Gasteiger partial charge in [-0.25, -0.2) is 0 Å². The maximum Gasteiger partial charge on any atom is -0.0230 e. The van der Waals surface area contributed by atoms with Crippen molar-refractivity contribution < 1.29 is 0 Å². The van der Waals surface area contributed by atoms with Gasteiger partial charge in [0.05, 0.1) is 0 Å². The zero-order chi connectivity index (χ0) is 10.4.